The average molecular weight is 576 g/mol. The fourth-order valence-electron chi connectivity index (χ4n) is 4.66. The molecule has 1 aliphatic rings. The van der Waals surface area contributed by atoms with Crippen molar-refractivity contribution in [1.82, 2.24) is 20.0 Å². The van der Waals surface area contributed by atoms with Crippen molar-refractivity contribution in [2.24, 2.45) is 0 Å². The van der Waals surface area contributed by atoms with E-state index in [9.17, 15) is 14.0 Å². The Kier molecular flexibility index (Phi) is 8.73. The number of thiophene rings is 1. The first-order chi connectivity index (χ1) is 19.9. The second kappa shape index (κ2) is 12.8. The van der Waals surface area contributed by atoms with Crippen LogP contribution in [0.5, 0.6) is 11.5 Å². The fourth-order valence-corrected chi connectivity index (χ4v) is 5.35. The van der Waals surface area contributed by atoms with E-state index in [2.05, 4.69) is 15.1 Å². The van der Waals surface area contributed by atoms with Crippen molar-refractivity contribution in [3.63, 3.8) is 0 Å². The molecule has 1 fully saturated rings. The van der Waals surface area contributed by atoms with Crippen molar-refractivity contribution < 1.29 is 23.5 Å². The molecule has 212 valence electrons. The molecule has 0 radical (unpaired) electrons. The third-order valence-electron chi connectivity index (χ3n) is 6.92. The lowest BCUT2D eigenvalue weighted by molar-refractivity contribution is -0.132. The molecule has 41 heavy (non-hydrogen) atoms. The summed E-state index contributed by atoms with van der Waals surface area (Å²) < 4.78 is 24.1. The highest BCUT2D eigenvalue weighted by atomic mass is 32.1. The Bertz CT molecular complexity index is 1470. The van der Waals surface area contributed by atoms with E-state index in [4.69, 9.17) is 9.47 Å². The first-order valence-corrected chi connectivity index (χ1v) is 14.0. The van der Waals surface area contributed by atoms with Crippen LogP contribution in [0.1, 0.15) is 15.2 Å². The van der Waals surface area contributed by atoms with Gasteiger partial charge in [-0.1, -0.05) is 18.2 Å². The minimum Gasteiger partial charge on any atom is -0.493 e. The molecule has 0 unspecified atom stereocenters. The van der Waals surface area contributed by atoms with Crippen LogP contribution in [-0.4, -0.2) is 78.8 Å². The molecule has 2 aromatic heterocycles. The molecule has 4 aromatic rings. The minimum absolute atomic E-state index is 0.0616. The summed E-state index contributed by atoms with van der Waals surface area (Å²) in [6, 6.07) is 18.9. The van der Waals surface area contributed by atoms with E-state index >= 15 is 0 Å². The topological polar surface area (TPSA) is 88.1 Å². The van der Waals surface area contributed by atoms with Crippen molar-refractivity contribution in [2.75, 3.05) is 51.8 Å². The summed E-state index contributed by atoms with van der Waals surface area (Å²) in [5.41, 5.74) is 2.32. The Balaban J connectivity index is 1.20. The third-order valence-corrected chi connectivity index (χ3v) is 7.78. The van der Waals surface area contributed by atoms with Gasteiger partial charge in [0, 0.05) is 38.3 Å². The molecule has 9 nitrogen and oxygen atoms in total. The Hall–Kier alpha value is -4.51. The van der Waals surface area contributed by atoms with Gasteiger partial charge in [0.1, 0.15) is 12.4 Å². The first-order valence-electron chi connectivity index (χ1n) is 13.1. The van der Waals surface area contributed by atoms with Crippen LogP contribution in [0.3, 0.4) is 0 Å². The molecule has 0 spiro atoms. The molecular formula is C30H30FN5O4S. The summed E-state index contributed by atoms with van der Waals surface area (Å²) in [4.78, 5) is 32.4. The second-order valence-electron chi connectivity index (χ2n) is 9.48. The zero-order valence-electron chi connectivity index (χ0n) is 22.8. The molecule has 1 saturated heterocycles. The molecule has 11 heteroatoms. The van der Waals surface area contributed by atoms with Crippen molar-refractivity contribution in [3.8, 4) is 22.8 Å². The Labute approximate surface area is 241 Å². The zero-order chi connectivity index (χ0) is 28.8. The van der Waals surface area contributed by atoms with Gasteiger partial charge in [0.2, 0.25) is 5.91 Å². The van der Waals surface area contributed by atoms with Crippen LogP contribution in [0.2, 0.25) is 0 Å². The van der Waals surface area contributed by atoms with E-state index in [1.807, 2.05) is 35.7 Å². The fraction of sp³-hybridized carbons (Fsp3) is 0.267. The predicted molar refractivity (Wildman–Crippen MR) is 155 cm³/mol. The summed E-state index contributed by atoms with van der Waals surface area (Å²) in [7, 11) is 3.18. The van der Waals surface area contributed by atoms with E-state index < -0.39 is 0 Å². The molecule has 1 aliphatic heterocycles. The number of aromatic nitrogens is 2. The van der Waals surface area contributed by atoms with Gasteiger partial charge in [0.25, 0.3) is 5.91 Å². The van der Waals surface area contributed by atoms with E-state index in [-0.39, 0.29) is 30.7 Å². The number of anilines is 1. The molecule has 0 N–H and O–H groups in total. The highest BCUT2D eigenvalue weighted by Crippen LogP contribution is 2.31. The number of hydrogen-bond donors (Lipinski definition) is 0. The Morgan fingerprint density at radius 3 is 2.32 bits per heavy atom. The lowest BCUT2D eigenvalue weighted by Crippen LogP contribution is -2.52. The van der Waals surface area contributed by atoms with E-state index in [1.165, 1.54) is 28.4 Å². The molecule has 2 amide bonds. The maximum absolute atomic E-state index is 13.4. The summed E-state index contributed by atoms with van der Waals surface area (Å²) in [5, 5.41) is 10.7. The van der Waals surface area contributed by atoms with E-state index in [0.29, 0.717) is 48.2 Å². The maximum Gasteiger partial charge on any atom is 0.264 e. The van der Waals surface area contributed by atoms with Gasteiger partial charge >= 0.3 is 0 Å². The number of benzene rings is 2. The number of piperazine rings is 1. The SMILES string of the molecule is COc1ccc(-c2ccc(N3CCN(C(=O)CN(Cc4ccc(F)cc4)C(=O)c4cccs4)CC3)nn2)cc1OC. The Morgan fingerprint density at radius 2 is 1.68 bits per heavy atom. The second-order valence-corrected chi connectivity index (χ2v) is 10.4. The number of rotatable bonds is 9. The van der Waals surface area contributed by atoms with Crippen molar-refractivity contribution in [3.05, 3.63) is 88.4 Å². The predicted octanol–water partition coefficient (Wildman–Crippen LogP) is 4.35. The van der Waals surface area contributed by atoms with Crippen LogP contribution in [0.25, 0.3) is 11.3 Å². The number of nitrogens with zero attached hydrogens (tertiary/aromatic N) is 5. The van der Waals surface area contributed by atoms with Crippen molar-refractivity contribution in [2.45, 2.75) is 6.54 Å². The first kappa shape index (κ1) is 28.0. The number of carbonyl (C=O) groups is 2. The number of halogens is 1. The summed E-state index contributed by atoms with van der Waals surface area (Å²) in [5.74, 6) is 1.28. The van der Waals surface area contributed by atoms with Gasteiger partial charge in [0.15, 0.2) is 17.3 Å². The van der Waals surface area contributed by atoms with E-state index in [1.54, 1.807) is 43.4 Å². The normalized spacial score (nSPS) is 13.1. The van der Waals surface area contributed by atoms with Gasteiger partial charge in [0.05, 0.1) is 24.8 Å². The van der Waals surface area contributed by atoms with Gasteiger partial charge in [-0.3, -0.25) is 9.59 Å². The largest absolute Gasteiger partial charge is 0.493 e. The van der Waals surface area contributed by atoms with Gasteiger partial charge < -0.3 is 24.2 Å². The number of ether oxygens (including phenoxy) is 2. The van der Waals surface area contributed by atoms with Crippen molar-refractivity contribution in [1.29, 1.82) is 0 Å². The van der Waals surface area contributed by atoms with Crippen LogP contribution in [-0.2, 0) is 11.3 Å². The van der Waals surface area contributed by atoms with Crippen LogP contribution in [0, 0.1) is 5.82 Å². The molecule has 0 atom stereocenters. The van der Waals surface area contributed by atoms with Crippen LogP contribution < -0.4 is 14.4 Å². The average Bonchev–Trinajstić information content (AvgIpc) is 3.56. The molecule has 5 rings (SSSR count). The zero-order valence-corrected chi connectivity index (χ0v) is 23.6. The van der Waals surface area contributed by atoms with E-state index in [0.717, 1.165) is 16.9 Å². The van der Waals surface area contributed by atoms with Gasteiger partial charge in [-0.15, -0.1) is 21.5 Å². The van der Waals surface area contributed by atoms with Gasteiger partial charge in [-0.2, -0.15) is 0 Å². The quantitative estimate of drug-likeness (QED) is 0.293. The molecule has 3 heterocycles. The maximum atomic E-state index is 13.4. The smallest absolute Gasteiger partial charge is 0.264 e. The number of carbonyl (C=O) groups excluding carboxylic acids is 2. The van der Waals surface area contributed by atoms with Gasteiger partial charge in [-0.25, -0.2) is 4.39 Å². The summed E-state index contributed by atoms with van der Waals surface area (Å²) in [6.45, 7) is 2.32. The molecular weight excluding hydrogens is 545 g/mol. The minimum atomic E-state index is -0.348. The molecule has 0 saturated carbocycles. The van der Waals surface area contributed by atoms with Crippen LogP contribution in [0.15, 0.2) is 72.1 Å². The highest BCUT2D eigenvalue weighted by molar-refractivity contribution is 7.12. The Morgan fingerprint density at radius 1 is 0.927 bits per heavy atom. The van der Waals surface area contributed by atoms with Gasteiger partial charge in [-0.05, 0) is 59.5 Å². The number of amides is 2. The van der Waals surface area contributed by atoms with Crippen molar-refractivity contribution >= 4 is 29.0 Å². The lowest BCUT2D eigenvalue weighted by Gasteiger charge is -2.36. The summed E-state index contributed by atoms with van der Waals surface area (Å²) in [6.07, 6.45) is 0. The monoisotopic (exact) mass is 575 g/mol. The third kappa shape index (κ3) is 6.63. The van der Waals surface area contributed by atoms with Crippen LogP contribution in [0.4, 0.5) is 10.2 Å². The summed E-state index contributed by atoms with van der Waals surface area (Å²) >= 11 is 1.33. The number of methoxy groups -OCH3 is 2. The van der Waals surface area contributed by atoms with Crippen LogP contribution >= 0.6 is 11.3 Å². The number of hydrogen-bond acceptors (Lipinski definition) is 8. The lowest BCUT2D eigenvalue weighted by atomic mass is 10.1. The molecule has 2 aromatic carbocycles. The molecule has 0 bridgehead atoms. The highest BCUT2D eigenvalue weighted by Gasteiger charge is 2.26. The standard InChI is InChI=1S/C30H30FN5O4S/c1-39-25-11-7-22(18-26(25)40-2)24-10-12-28(33-32-24)34-13-15-35(16-14-34)29(37)20-36(30(38)27-4-3-17-41-27)19-21-5-8-23(31)9-6-21/h3-12,17-18H,13-16,19-20H2,1-2H3. The molecule has 0 aliphatic carbocycles.